The Morgan fingerprint density at radius 3 is 2.83 bits per heavy atom. The van der Waals surface area contributed by atoms with E-state index >= 15 is 0 Å². The molecule has 3 aromatic rings. The standard InChI is InChI=1S/C22H27N5O3/c1-4-6-16-18-19(27(3)26-16)22(29)25-21(24-18)15-10-12(7-8-17(15)30-5-2)9-13-11-14(13)20(23)28/h7-8,10,13-14H,4-6,9,11H2,1-3H3,(H2,23,28)(H,24,25,29). The van der Waals surface area contributed by atoms with Crippen molar-refractivity contribution in [3.63, 3.8) is 0 Å². The number of aromatic nitrogens is 4. The molecule has 2 unspecified atom stereocenters. The summed E-state index contributed by atoms with van der Waals surface area (Å²) in [5.74, 6) is 1.12. The summed E-state index contributed by atoms with van der Waals surface area (Å²) in [6, 6.07) is 5.88. The van der Waals surface area contributed by atoms with Crippen molar-refractivity contribution in [1.29, 1.82) is 0 Å². The Balaban J connectivity index is 1.78. The van der Waals surface area contributed by atoms with Crippen molar-refractivity contribution in [2.45, 2.75) is 39.5 Å². The second kappa shape index (κ2) is 7.93. The number of nitrogens with zero attached hydrogens (tertiary/aromatic N) is 3. The highest BCUT2D eigenvalue weighted by Gasteiger charge is 2.41. The molecule has 2 heterocycles. The number of benzene rings is 1. The van der Waals surface area contributed by atoms with Gasteiger partial charge in [0, 0.05) is 13.0 Å². The molecule has 30 heavy (non-hydrogen) atoms. The number of hydrogen-bond donors (Lipinski definition) is 2. The van der Waals surface area contributed by atoms with Gasteiger partial charge in [0.15, 0.2) is 5.52 Å². The summed E-state index contributed by atoms with van der Waals surface area (Å²) in [6.07, 6.45) is 3.25. The molecule has 8 nitrogen and oxygen atoms in total. The number of H-pyrrole nitrogens is 1. The van der Waals surface area contributed by atoms with Gasteiger partial charge in [0.05, 0.1) is 17.9 Å². The van der Waals surface area contributed by atoms with E-state index in [2.05, 4.69) is 17.0 Å². The maximum atomic E-state index is 12.8. The number of carbonyl (C=O) groups excluding carboxylic acids is 1. The lowest BCUT2D eigenvalue weighted by atomic mass is 10.0. The number of aryl methyl sites for hydroxylation is 2. The van der Waals surface area contributed by atoms with E-state index in [-0.39, 0.29) is 23.3 Å². The van der Waals surface area contributed by atoms with Gasteiger partial charge in [0.2, 0.25) is 5.91 Å². The Kier molecular flexibility index (Phi) is 5.32. The number of aromatic amines is 1. The van der Waals surface area contributed by atoms with Crippen LogP contribution in [0.5, 0.6) is 5.75 Å². The molecule has 1 amide bonds. The van der Waals surface area contributed by atoms with Crippen LogP contribution in [0.25, 0.3) is 22.4 Å². The van der Waals surface area contributed by atoms with Crippen molar-refractivity contribution in [1.82, 2.24) is 19.7 Å². The third-order valence-electron chi connectivity index (χ3n) is 5.63. The Morgan fingerprint density at radius 2 is 2.17 bits per heavy atom. The van der Waals surface area contributed by atoms with Crippen LogP contribution in [0.15, 0.2) is 23.0 Å². The molecule has 0 bridgehead atoms. The Morgan fingerprint density at radius 1 is 1.37 bits per heavy atom. The molecule has 0 radical (unpaired) electrons. The fourth-order valence-electron chi connectivity index (χ4n) is 4.07. The smallest absolute Gasteiger partial charge is 0.277 e. The number of nitrogens with one attached hydrogen (secondary N) is 1. The molecule has 3 N–H and O–H groups in total. The lowest BCUT2D eigenvalue weighted by molar-refractivity contribution is -0.119. The zero-order chi connectivity index (χ0) is 21.4. The number of hydrogen-bond acceptors (Lipinski definition) is 5. The summed E-state index contributed by atoms with van der Waals surface area (Å²) in [5.41, 5.74) is 8.90. The Bertz CT molecular complexity index is 1160. The van der Waals surface area contributed by atoms with E-state index in [1.807, 2.05) is 25.1 Å². The Hall–Kier alpha value is -3.16. The predicted octanol–water partition coefficient (Wildman–Crippen LogP) is 2.34. The first-order valence-electron chi connectivity index (χ1n) is 10.4. The van der Waals surface area contributed by atoms with Crippen LogP contribution in [0.4, 0.5) is 0 Å². The predicted molar refractivity (Wildman–Crippen MR) is 114 cm³/mol. The number of primary amides is 1. The van der Waals surface area contributed by atoms with Crippen LogP contribution in [0.2, 0.25) is 0 Å². The first-order chi connectivity index (χ1) is 14.4. The highest BCUT2D eigenvalue weighted by molar-refractivity contribution is 5.80. The summed E-state index contributed by atoms with van der Waals surface area (Å²) < 4.78 is 7.39. The summed E-state index contributed by atoms with van der Waals surface area (Å²) in [7, 11) is 1.76. The van der Waals surface area contributed by atoms with Crippen molar-refractivity contribution < 1.29 is 9.53 Å². The van der Waals surface area contributed by atoms with Crippen LogP contribution in [0.1, 0.15) is 37.9 Å². The molecule has 1 aliphatic carbocycles. The summed E-state index contributed by atoms with van der Waals surface area (Å²) in [4.78, 5) is 31.9. The minimum absolute atomic E-state index is 0.0405. The third kappa shape index (κ3) is 3.69. The van der Waals surface area contributed by atoms with E-state index in [0.717, 1.165) is 42.5 Å². The van der Waals surface area contributed by atoms with E-state index in [9.17, 15) is 9.59 Å². The molecule has 8 heteroatoms. The van der Waals surface area contributed by atoms with Crippen molar-refractivity contribution in [2.24, 2.45) is 24.6 Å². The molecule has 2 atom stereocenters. The zero-order valence-electron chi connectivity index (χ0n) is 17.6. The normalized spacial score (nSPS) is 18.0. The Labute approximate surface area is 174 Å². The van der Waals surface area contributed by atoms with Gasteiger partial charge in [-0.25, -0.2) is 4.98 Å². The van der Waals surface area contributed by atoms with Crippen LogP contribution in [0.3, 0.4) is 0 Å². The molecule has 1 fully saturated rings. The molecule has 0 spiro atoms. The fraction of sp³-hybridized carbons (Fsp3) is 0.455. The van der Waals surface area contributed by atoms with E-state index in [0.29, 0.717) is 29.2 Å². The minimum Gasteiger partial charge on any atom is -0.493 e. The van der Waals surface area contributed by atoms with Gasteiger partial charge in [-0.1, -0.05) is 19.4 Å². The summed E-state index contributed by atoms with van der Waals surface area (Å²) in [6.45, 7) is 4.49. The molecule has 2 aromatic heterocycles. The molecule has 1 aromatic carbocycles. The first-order valence-corrected chi connectivity index (χ1v) is 10.4. The van der Waals surface area contributed by atoms with Crippen molar-refractivity contribution >= 4 is 16.9 Å². The topological polar surface area (TPSA) is 116 Å². The average Bonchev–Trinajstić information content (AvgIpc) is 3.40. The lowest BCUT2D eigenvalue weighted by Crippen LogP contribution is -2.14. The molecule has 0 aliphatic heterocycles. The number of ether oxygens (including phenoxy) is 1. The van der Waals surface area contributed by atoms with E-state index < -0.39 is 0 Å². The van der Waals surface area contributed by atoms with Crippen LogP contribution in [-0.2, 0) is 24.7 Å². The average molecular weight is 409 g/mol. The molecule has 1 saturated carbocycles. The second-order valence-electron chi connectivity index (χ2n) is 7.90. The molecular weight excluding hydrogens is 382 g/mol. The van der Waals surface area contributed by atoms with Crippen molar-refractivity contribution in [2.75, 3.05) is 6.61 Å². The van der Waals surface area contributed by atoms with Crippen LogP contribution in [0, 0.1) is 11.8 Å². The molecule has 1 aliphatic rings. The molecule has 158 valence electrons. The fourth-order valence-corrected chi connectivity index (χ4v) is 4.07. The quantitative estimate of drug-likeness (QED) is 0.592. The van der Waals surface area contributed by atoms with Crippen LogP contribution >= 0.6 is 0 Å². The van der Waals surface area contributed by atoms with Gasteiger partial charge in [-0.2, -0.15) is 5.10 Å². The maximum Gasteiger partial charge on any atom is 0.277 e. The number of carbonyl (C=O) groups is 1. The highest BCUT2D eigenvalue weighted by atomic mass is 16.5. The lowest BCUT2D eigenvalue weighted by Gasteiger charge is -2.12. The first kappa shape index (κ1) is 20.1. The molecular formula is C22H27N5O3. The molecule has 4 rings (SSSR count). The maximum absolute atomic E-state index is 12.8. The monoisotopic (exact) mass is 409 g/mol. The number of rotatable bonds is 8. The van der Waals surface area contributed by atoms with Crippen LogP contribution < -0.4 is 16.0 Å². The second-order valence-corrected chi connectivity index (χ2v) is 7.90. The largest absolute Gasteiger partial charge is 0.493 e. The zero-order valence-corrected chi connectivity index (χ0v) is 17.6. The third-order valence-corrected chi connectivity index (χ3v) is 5.63. The van der Waals surface area contributed by atoms with Gasteiger partial charge in [-0.3, -0.25) is 14.3 Å². The van der Waals surface area contributed by atoms with E-state index in [1.54, 1.807) is 11.7 Å². The number of fused-ring (bicyclic) bond motifs is 1. The van der Waals surface area contributed by atoms with Crippen molar-refractivity contribution in [3.05, 3.63) is 39.8 Å². The van der Waals surface area contributed by atoms with Gasteiger partial charge in [-0.15, -0.1) is 0 Å². The van der Waals surface area contributed by atoms with E-state index in [4.69, 9.17) is 15.5 Å². The van der Waals surface area contributed by atoms with E-state index in [1.165, 1.54) is 0 Å². The van der Waals surface area contributed by atoms with Gasteiger partial charge in [-0.05, 0) is 49.8 Å². The molecule has 0 saturated heterocycles. The van der Waals surface area contributed by atoms with Gasteiger partial charge < -0.3 is 15.5 Å². The highest BCUT2D eigenvalue weighted by Crippen LogP contribution is 2.41. The number of nitrogens with two attached hydrogens (primary N) is 1. The van der Waals surface area contributed by atoms with Gasteiger partial charge in [0.1, 0.15) is 17.1 Å². The summed E-state index contributed by atoms with van der Waals surface area (Å²) >= 11 is 0. The van der Waals surface area contributed by atoms with Gasteiger partial charge in [0.25, 0.3) is 5.56 Å². The number of amides is 1. The SMILES string of the molecule is CCCc1nn(C)c2c(=O)[nH]c(-c3cc(CC4CC4C(N)=O)ccc3OCC)nc12. The minimum atomic E-state index is -0.234. The van der Waals surface area contributed by atoms with Crippen LogP contribution in [-0.4, -0.2) is 32.3 Å². The summed E-state index contributed by atoms with van der Waals surface area (Å²) in [5, 5.41) is 4.48. The van der Waals surface area contributed by atoms with Crippen molar-refractivity contribution in [3.8, 4) is 17.1 Å². The van der Waals surface area contributed by atoms with Gasteiger partial charge >= 0.3 is 0 Å².